The Bertz CT molecular complexity index is 3870. The standard InChI is InChI=1S/C80H123N11O33/c1-9-11-12-13-14-15-16-17-18-19-20-51(121-79-67(108)68(50(99)36-118-79)124-78-59(83-41(7)96)64(105)61(102)52(34-92)122-78)63(104)76(116)89-57(38(4)95)73(113)90-58-39(5)119-77(117)49(32-43-23-27-45(98)28-24-43)87-75(115)60(40(6)120-80-66(107)65(106)62(103)53(35-93)123-80)91(8)55(101)33-82-69(109)47(29-30-54(81)100)85-70(110)46(10-2)84-71(111)48(31-42-21-25-44(97)26-22-42)86-72(112)56(37(3)94)88-74(58)114/h10,21-28,37-40,47-53,56-68,78-80,92-95,97-99,102-108H,9,11-20,29-36H2,1-8H3,(H2,81,100)(H,82,109)(H,83,96)(H,84,111)(H,85,110)(H,86,112)(H,87,115)(H,88,114)(H,89,116)(H,90,113). The van der Waals surface area contributed by atoms with Gasteiger partial charge < -0.3 is 163 Å². The SMILES string of the molecule is CC=C1NC(=O)C(Cc2ccc(O)cc2)NC(=O)C(C(C)O)NC(=O)C(NC(=O)C(NC(=O)C(O)C(CCCCCCCCCCCC)OC2OCC(O)C(OC3OC(CO)C(O)C(O)C3NC(C)=O)C2O)C(C)O)C(C)OC(=O)C(Cc2ccc(O)cc2)NC(=O)C(C(C)OC2OC(CO)C(O)C(O)C2O)N(C)C(=O)CNC(=O)C(CCC(N)=O)NC1=O. The molecular weight excluding hydrogens is 1640 g/mol. The number of nitrogens with zero attached hydrogens (tertiary/aromatic N) is 1. The van der Waals surface area contributed by atoms with Crippen LogP contribution in [0.3, 0.4) is 0 Å². The predicted octanol–water partition coefficient (Wildman–Crippen LogP) is -7.60. The monoisotopic (exact) mass is 1770 g/mol. The van der Waals surface area contributed by atoms with Gasteiger partial charge in [0, 0.05) is 33.2 Å². The van der Waals surface area contributed by atoms with Crippen molar-refractivity contribution >= 4 is 70.9 Å². The Hall–Kier alpha value is -9.30. The van der Waals surface area contributed by atoms with Crippen molar-refractivity contribution in [2.45, 2.75) is 310 Å². The normalized spacial score (nSPS) is 30.6. The molecule has 11 amide bonds. The van der Waals surface area contributed by atoms with Crippen molar-refractivity contribution < 1.29 is 162 Å². The first kappa shape index (κ1) is 103. The van der Waals surface area contributed by atoms with Gasteiger partial charge in [-0.15, -0.1) is 0 Å². The molecule has 0 saturated carbocycles. The zero-order valence-electron chi connectivity index (χ0n) is 70.3. The molecule has 25 N–H and O–H groups in total. The number of rotatable bonds is 35. The maximum Gasteiger partial charge on any atom is 0.329 e. The summed E-state index contributed by atoms with van der Waals surface area (Å²) in [4.78, 5) is 173. The van der Waals surface area contributed by atoms with Gasteiger partial charge in [-0.2, -0.15) is 0 Å². The Kier molecular flexibility index (Phi) is 41.9. The van der Waals surface area contributed by atoms with Crippen LogP contribution in [0.5, 0.6) is 11.5 Å². The number of nitrogens with one attached hydrogen (secondary N) is 9. The molecule has 44 nitrogen and oxygen atoms in total. The number of nitrogens with two attached hydrogens (primary N) is 1. The van der Waals surface area contributed by atoms with Crippen LogP contribution >= 0.6 is 0 Å². The molecule has 0 radical (unpaired) electrons. The van der Waals surface area contributed by atoms with E-state index >= 15 is 19.2 Å². The van der Waals surface area contributed by atoms with Crippen LogP contribution in [0.1, 0.15) is 143 Å². The first-order valence-electron chi connectivity index (χ1n) is 41.2. The highest BCUT2D eigenvalue weighted by Crippen LogP contribution is 2.31. The number of allylic oxidation sites excluding steroid dienone is 1. The van der Waals surface area contributed by atoms with Crippen LogP contribution in [0.4, 0.5) is 0 Å². The maximum absolute atomic E-state index is 15.4. The molecule has 27 atom stereocenters. The number of carbonyl (C=O) groups excluding carboxylic acids is 12. The molecule has 6 rings (SSSR count). The van der Waals surface area contributed by atoms with Crippen molar-refractivity contribution in [1.82, 2.24) is 52.8 Å². The molecule has 696 valence electrons. The lowest BCUT2D eigenvalue weighted by atomic mass is 9.96. The third-order valence-corrected chi connectivity index (χ3v) is 21.4. The summed E-state index contributed by atoms with van der Waals surface area (Å²) in [5.41, 5.74) is 5.19. The minimum absolute atomic E-state index is 0.133. The number of ether oxygens (including phenoxy) is 7. The number of likely N-dealkylation sites (N-methyl/N-ethyl adjacent to an activating group) is 1. The van der Waals surface area contributed by atoms with Crippen molar-refractivity contribution in [3.8, 4) is 11.5 Å². The fourth-order valence-electron chi connectivity index (χ4n) is 14.2. The summed E-state index contributed by atoms with van der Waals surface area (Å²) >= 11 is 0. The molecule has 124 heavy (non-hydrogen) atoms. The highest BCUT2D eigenvalue weighted by molar-refractivity contribution is 6.02. The van der Waals surface area contributed by atoms with E-state index in [-0.39, 0.29) is 35.5 Å². The molecule has 44 heteroatoms. The average molecular weight is 1770 g/mol. The van der Waals surface area contributed by atoms with Crippen LogP contribution in [0.2, 0.25) is 0 Å². The number of aliphatic hydroxyl groups is 12. The third kappa shape index (κ3) is 30.2. The number of phenols is 2. The summed E-state index contributed by atoms with van der Waals surface area (Å²) in [5.74, 6) is -15.9. The Balaban J connectivity index is 1.44. The number of esters is 1. The lowest BCUT2D eigenvalue weighted by molar-refractivity contribution is -0.339. The second kappa shape index (κ2) is 50.1. The molecular formula is C80H123N11O33. The molecule has 27 unspecified atom stereocenters. The Morgan fingerprint density at radius 2 is 1.19 bits per heavy atom. The number of hydrogen-bond acceptors (Lipinski definition) is 33. The van der Waals surface area contributed by atoms with Gasteiger partial charge in [0.2, 0.25) is 53.2 Å². The minimum Gasteiger partial charge on any atom is -0.508 e. The molecule has 2 aromatic carbocycles. The van der Waals surface area contributed by atoms with Gasteiger partial charge in [0.15, 0.2) is 25.0 Å². The highest BCUT2D eigenvalue weighted by Gasteiger charge is 2.52. The molecule has 4 fully saturated rings. The molecule has 4 aliphatic heterocycles. The van der Waals surface area contributed by atoms with E-state index in [0.717, 1.165) is 92.7 Å². The number of amides is 11. The lowest BCUT2D eigenvalue weighted by Crippen LogP contribution is -2.67. The largest absolute Gasteiger partial charge is 0.508 e. The molecule has 0 aromatic heterocycles. The summed E-state index contributed by atoms with van der Waals surface area (Å²) in [6, 6.07) is -6.20. The zero-order valence-corrected chi connectivity index (χ0v) is 70.3. The van der Waals surface area contributed by atoms with Crippen molar-refractivity contribution in [2.24, 2.45) is 5.73 Å². The number of aliphatic hydroxyl groups excluding tert-OH is 12. The van der Waals surface area contributed by atoms with Crippen LogP contribution in [-0.2, 0) is 104 Å². The summed E-state index contributed by atoms with van der Waals surface area (Å²) in [7, 11) is 0.992. The molecule has 0 bridgehead atoms. The zero-order chi connectivity index (χ0) is 92.1. The van der Waals surface area contributed by atoms with E-state index in [4.69, 9.17) is 38.9 Å². The fraction of sp³-hybridized carbons (Fsp3) is 0.675. The van der Waals surface area contributed by atoms with Crippen LogP contribution in [0, 0.1) is 0 Å². The van der Waals surface area contributed by atoms with E-state index in [0.29, 0.717) is 17.7 Å². The highest BCUT2D eigenvalue weighted by atomic mass is 16.7. The van der Waals surface area contributed by atoms with E-state index in [1.165, 1.54) is 55.5 Å². The van der Waals surface area contributed by atoms with Crippen molar-refractivity contribution in [1.29, 1.82) is 0 Å². The average Bonchev–Trinajstić information content (AvgIpc) is 0.804. The minimum atomic E-state index is -2.41. The number of benzene rings is 2. The molecule has 4 saturated heterocycles. The van der Waals surface area contributed by atoms with Gasteiger partial charge in [0.1, 0.15) is 133 Å². The van der Waals surface area contributed by atoms with Crippen molar-refractivity contribution in [2.75, 3.05) is 33.4 Å². The van der Waals surface area contributed by atoms with Gasteiger partial charge >= 0.3 is 5.97 Å². The number of phenolic OH excluding ortho intramolecular Hbond substituents is 2. The Morgan fingerprint density at radius 1 is 0.637 bits per heavy atom. The van der Waals surface area contributed by atoms with Gasteiger partial charge in [-0.1, -0.05) is 101 Å². The quantitative estimate of drug-likeness (QED) is 0.0173. The first-order valence-corrected chi connectivity index (χ1v) is 41.2. The van der Waals surface area contributed by atoms with Crippen LogP contribution in [0.25, 0.3) is 0 Å². The summed E-state index contributed by atoms with van der Waals surface area (Å²) in [6.45, 7) is 4.89. The van der Waals surface area contributed by atoms with Crippen LogP contribution in [0.15, 0.2) is 60.3 Å². The van der Waals surface area contributed by atoms with E-state index < -0.39 is 294 Å². The number of carbonyl (C=O) groups is 12. The van der Waals surface area contributed by atoms with Gasteiger partial charge in [0.05, 0.1) is 50.8 Å². The van der Waals surface area contributed by atoms with Crippen LogP contribution < -0.4 is 53.6 Å². The van der Waals surface area contributed by atoms with Gasteiger partial charge in [-0.3, -0.25) is 52.7 Å². The van der Waals surface area contributed by atoms with Gasteiger partial charge in [0.25, 0.3) is 11.8 Å². The number of hydrogen-bond donors (Lipinski definition) is 24. The maximum atomic E-state index is 15.4. The molecule has 2 aromatic rings. The third-order valence-electron chi connectivity index (χ3n) is 21.4. The molecule has 4 aliphatic rings. The summed E-state index contributed by atoms with van der Waals surface area (Å²) < 4.78 is 41.0. The lowest BCUT2D eigenvalue weighted by Gasteiger charge is -2.46. The predicted molar refractivity (Wildman–Crippen MR) is 428 cm³/mol. The summed E-state index contributed by atoms with van der Waals surface area (Å²) in [6.07, 6.45) is -29.4. The second-order valence-electron chi connectivity index (χ2n) is 31.3. The number of primary amides is 1. The first-order chi connectivity index (χ1) is 58.6. The number of unbranched alkanes of at least 4 members (excludes halogenated alkanes) is 9. The second-order valence-corrected chi connectivity index (χ2v) is 31.3. The van der Waals surface area contributed by atoms with E-state index in [1.54, 1.807) is 0 Å². The van der Waals surface area contributed by atoms with Crippen molar-refractivity contribution in [3.05, 3.63) is 71.4 Å². The molecule has 0 spiro atoms. The van der Waals surface area contributed by atoms with Crippen LogP contribution in [-0.4, -0.2) is 346 Å². The fourth-order valence-corrected chi connectivity index (χ4v) is 14.2. The smallest absolute Gasteiger partial charge is 0.329 e. The van der Waals surface area contributed by atoms with Crippen molar-refractivity contribution in [3.63, 3.8) is 0 Å². The number of aromatic hydroxyl groups is 2. The number of cyclic esters (lactones) is 1. The topological polar surface area (TPSA) is 690 Å². The van der Waals surface area contributed by atoms with E-state index in [2.05, 4.69) is 54.8 Å². The van der Waals surface area contributed by atoms with E-state index in [9.17, 15) is 110 Å². The Morgan fingerprint density at radius 3 is 1.74 bits per heavy atom. The van der Waals surface area contributed by atoms with Gasteiger partial charge in [-0.25, -0.2) is 4.79 Å². The molecule has 0 aliphatic carbocycles. The molecule has 4 heterocycles. The van der Waals surface area contributed by atoms with Gasteiger partial charge in [-0.05, 0) is 82.9 Å². The Labute approximate surface area is 714 Å². The summed E-state index contributed by atoms with van der Waals surface area (Å²) in [5, 5.41) is 174. The van der Waals surface area contributed by atoms with E-state index in [1.807, 2.05) is 0 Å².